The zero-order chi connectivity index (χ0) is 12.1. The van der Waals surface area contributed by atoms with Gasteiger partial charge in [-0.3, -0.25) is 4.79 Å². The first-order chi connectivity index (χ1) is 7.60. The second-order valence-electron chi connectivity index (χ2n) is 2.98. The number of carbonyl (C=O) groups excluding carboxylic acids is 2. The molecule has 1 aromatic rings. The van der Waals surface area contributed by atoms with E-state index in [0.717, 1.165) is 7.11 Å². The summed E-state index contributed by atoms with van der Waals surface area (Å²) in [6.07, 6.45) is -2.28. The Hall–Kier alpha value is -1.91. The highest BCUT2D eigenvalue weighted by atomic mass is 19.1. The van der Waals surface area contributed by atoms with Crippen molar-refractivity contribution in [3.05, 3.63) is 29.8 Å². The van der Waals surface area contributed by atoms with Crippen molar-refractivity contribution >= 4 is 11.8 Å². The fraction of sp³-hybridized carbons (Fsp3) is 0.273. The second kappa shape index (κ2) is 5.25. The fourth-order valence-corrected chi connectivity index (χ4v) is 1.11. The Balaban J connectivity index is 2.84. The third-order valence-electron chi connectivity index (χ3n) is 2.01. The Morgan fingerprint density at radius 2 is 1.75 bits per heavy atom. The summed E-state index contributed by atoms with van der Waals surface area (Å²) in [5, 5.41) is 0. The maximum atomic E-state index is 13.2. The van der Waals surface area contributed by atoms with Gasteiger partial charge in [0.2, 0.25) is 5.78 Å². The van der Waals surface area contributed by atoms with Crippen molar-refractivity contribution in [2.24, 2.45) is 0 Å². The molecule has 0 bridgehead atoms. The van der Waals surface area contributed by atoms with E-state index >= 15 is 0 Å². The molecule has 4 nitrogen and oxygen atoms in total. The predicted octanol–water partition coefficient (Wildman–Crippen LogP) is 1.39. The number of ether oxygens (including phenoxy) is 2. The lowest BCUT2D eigenvalue weighted by Crippen LogP contribution is -2.26. The zero-order valence-electron chi connectivity index (χ0n) is 8.90. The molecule has 0 fully saturated rings. The molecular weight excluding hydrogens is 215 g/mol. The fourth-order valence-electron chi connectivity index (χ4n) is 1.11. The molecule has 0 heterocycles. The van der Waals surface area contributed by atoms with Crippen molar-refractivity contribution in [2.45, 2.75) is 6.17 Å². The molecule has 0 aliphatic heterocycles. The Morgan fingerprint density at radius 1 is 1.19 bits per heavy atom. The van der Waals surface area contributed by atoms with E-state index in [4.69, 9.17) is 4.74 Å². The molecule has 1 atom stereocenters. The second-order valence-corrected chi connectivity index (χ2v) is 2.98. The summed E-state index contributed by atoms with van der Waals surface area (Å²) in [5.41, 5.74) is 0.0960. The molecule has 0 radical (unpaired) electrons. The van der Waals surface area contributed by atoms with Gasteiger partial charge in [0.25, 0.3) is 6.17 Å². The average molecular weight is 226 g/mol. The van der Waals surface area contributed by atoms with Gasteiger partial charge in [-0.15, -0.1) is 0 Å². The van der Waals surface area contributed by atoms with Crippen LogP contribution in [0.4, 0.5) is 4.39 Å². The van der Waals surface area contributed by atoms with Crippen LogP contribution in [0, 0.1) is 0 Å². The number of halogens is 1. The lowest BCUT2D eigenvalue weighted by atomic mass is 10.1. The van der Waals surface area contributed by atoms with Crippen LogP contribution in [0.1, 0.15) is 10.4 Å². The predicted molar refractivity (Wildman–Crippen MR) is 54.2 cm³/mol. The minimum atomic E-state index is -2.28. The topological polar surface area (TPSA) is 52.6 Å². The third-order valence-corrected chi connectivity index (χ3v) is 2.01. The van der Waals surface area contributed by atoms with E-state index < -0.39 is 17.9 Å². The summed E-state index contributed by atoms with van der Waals surface area (Å²) in [6.45, 7) is 0. The number of rotatable bonds is 4. The molecule has 0 aliphatic rings. The summed E-state index contributed by atoms with van der Waals surface area (Å²) in [5.74, 6) is -1.57. The first kappa shape index (κ1) is 12.2. The first-order valence-corrected chi connectivity index (χ1v) is 4.50. The molecule has 0 aromatic heterocycles. The number of Topliss-reactive ketones (excluding diaryl/α,β-unsaturated/α-hetero) is 1. The van der Waals surface area contributed by atoms with Gasteiger partial charge in [0.05, 0.1) is 14.2 Å². The first-order valence-electron chi connectivity index (χ1n) is 4.50. The zero-order valence-corrected chi connectivity index (χ0v) is 8.90. The summed E-state index contributed by atoms with van der Waals surface area (Å²) >= 11 is 0. The van der Waals surface area contributed by atoms with Crippen LogP contribution in [0.2, 0.25) is 0 Å². The van der Waals surface area contributed by atoms with E-state index in [9.17, 15) is 14.0 Å². The maximum Gasteiger partial charge on any atom is 0.348 e. The summed E-state index contributed by atoms with van der Waals surface area (Å²) in [6, 6.07) is 5.79. The van der Waals surface area contributed by atoms with Crippen LogP contribution in [-0.2, 0) is 9.53 Å². The molecule has 0 amide bonds. The van der Waals surface area contributed by atoms with Gasteiger partial charge in [0.15, 0.2) is 0 Å². The van der Waals surface area contributed by atoms with Crippen LogP contribution in [0.3, 0.4) is 0 Å². The van der Waals surface area contributed by atoms with Crippen molar-refractivity contribution in [2.75, 3.05) is 14.2 Å². The monoisotopic (exact) mass is 226 g/mol. The van der Waals surface area contributed by atoms with E-state index in [1.54, 1.807) is 0 Å². The standard InChI is InChI=1S/C11H11FO4/c1-15-8-5-3-7(4-6-8)10(13)9(12)11(14)16-2/h3-6,9H,1-2H3. The average Bonchev–Trinajstić information content (AvgIpc) is 2.36. The van der Waals surface area contributed by atoms with Crippen LogP contribution >= 0.6 is 0 Å². The molecule has 1 aromatic carbocycles. The molecule has 0 aliphatic carbocycles. The summed E-state index contributed by atoms with van der Waals surface area (Å²) in [7, 11) is 2.50. The molecule has 0 saturated carbocycles. The van der Waals surface area contributed by atoms with E-state index in [1.165, 1.54) is 31.4 Å². The van der Waals surface area contributed by atoms with Gasteiger partial charge in [-0.05, 0) is 24.3 Å². The number of benzene rings is 1. The smallest absolute Gasteiger partial charge is 0.348 e. The lowest BCUT2D eigenvalue weighted by molar-refractivity contribution is -0.144. The molecule has 86 valence electrons. The molecule has 0 N–H and O–H groups in total. The van der Waals surface area contributed by atoms with Gasteiger partial charge >= 0.3 is 5.97 Å². The maximum absolute atomic E-state index is 13.2. The largest absolute Gasteiger partial charge is 0.497 e. The number of carbonyl (C=O) groups is 2. The highest BCUT2D eigenvalue weighted by molar-refractivity contribution is 6.11. The van der Waals surface area contributed by atoms with Crippen LogP contribution in [0.25, 0.3) is 0 Å². The van der Waals surface area contributed by atoms with Crippen molar-refractivity contribution < 1.29 is 23.5 Å². The normalized spacial score (nSPS) is 11.7. The van der Waals surface area contributed by atoms with E-state index in [-0.39, 0.29) is 5.56 Å². The molecule has 16 heavy (non-hydrogen) atoms. The van der Waals surface area contributed by atoms with E-state index in [1.807, 2.05) is 0 Å². The Morgan fingerprint density at radius 3 is 2.19 bits per heavy atom. The minimum absolute atomic E-state index is 0.0960. The van der Waals surface area contributed by atoms with E-state index in [2.05, 4.69) is 4.74 Å². The number of ketones is 1. The van der Waals surface area contributed by atoms with Gasteiger partial charge < -0.3 is 9.47 Å². The molecule has 1 rings (SSSR count). The van der Waals surface area contributed by atoms with Gasteiger partial charge in [-0.25, -0.2) is 9.18 Å². The van der Waals surface area contributed by atoms with Crippen LogP contribution < -0.4 is 4.74 Å². The van der Waals surface area contributed by atoms with Crippen LogP contribution in [-0.4, -0.2) is 32.1 Å². The summed E-state index contributed by atoms with van der Waals surface area (Å²) < 4.78 is 22.2. The number of hydrogen-bond acceptors (Lipinski definition) is 4. The van der Waals surface area contributed by atoms with Gasteiger partial charge in [-0.2, -0.15) is 0 Å². The number of methoxy groups -OCH3 is 2. The Labute approximate surface area is 92.0 Å². The highest BCUT2D eigenvalue weighted by Gasteiger charge is 2.27. The van der Waals surface area contributed by atoms with Gasteiger partial charge in [-0.1, -0.05) is 0 Å². The van der Waals surface area contributed by atoms with Crippen molar-refractivity contribution in [1.82, 2.24) is 0 Å². The molecule has 5 heteroatoms. The number of esters is 1. The molecule has 0 spiro atoms. The minimum Gasteiger partial charge on any atom is -0.497 e. The van der Waals surface area contributed by atoms with Crippen LogP contribution in [0.15, 0.2) is 24.3 Å². The van der Waals surface area contributed by atoms with Gasteiger partial charge in [0, 0.05) is 5.56 Å². The molecule has 0 saturated heterocycles. The Kier molecular flexibility index (Phi) is 3.99. The van der Waals surface area contributed by atoms with Crippen molar-refractivity contribution in [3.8, 4) is 5.75 Å². The summed E-state index contributed by atoms with van der Waals surface area (Å²) in [4.78, 5) is 22.2. The lowest BCUT2D eigenvalue weighted by Gasteiger charge is -2.05. The van der Waals surface area contributed by atoms with Crippen molar-refractivity contribution in [3.63, 3.8) is 0 Å². The highest BCUT2D eigenvalue weighted by Crippen LogP contribution is 2.14. The molecule has 1 unspecified atom stereocenters. The molecular formula is C11H11FO4. The Bertz CT molecular complexity index is 385. The van der Waals surface area contributed by atoms with Gasteiger partial charge in [0.1, 0.15) is 5.75 Å². The quantitative estimate of drug-likeness (QED) is 0.442. The number of alkyl halides is 1. The SMILES string of the molecule is COC(=O)C(F)C(=O)c1ccc(OC)cc1. The van der Waals surface area contributed by atoms with Crippen LogP contribution in [0.5, 0.6) is 5.75 Å². The van der Waals surface area contributed by atoms with Crippen molar-refractivity contribution in [1.29, 1.82) is 0 Å². The third kappa shape index (κ3) is 2.56. The van der Waals surface area contributed by atoms with E-state index in [0.29, 0.717) is 5.75 Å². The number of hydrogen-bond donors (Lipinski definition) is 0.